The van der Waals surface area contributed by atoms with Crippen molar-refractivity contribution in [2.24, 2.45) is 0 Å². The van der Waals surface area contributed by atoms with Crippen molar-refractivity contribution in [2.45, 2.75) is 24.1 Å². The molecular formula is C20H22N4O4S. The molecule has 1 amide bonds. The highest BCUT2D eigenvalue weighted by atomic mass is 32.2. The number of aromatic nitrogens is 3. The number of furan rings is 1. The minimum absolute atomic E-state index is 0.0698. The highest BCUT2D eigenvalue weighted by molar-refractivity contribution is 7.99. The third kappa shape index (κ3) is 4.46. The van der Waals surface area contributed by atoms with Crippen molar-refractivity contribution in [3.8, 4) is 23.0 Å². The van der Waals surface area contributed by atoms with Gasteiger partial charge >= 0.3 is 0 Å². The zero-order valence-electron chi connectivity index (χ0n) is 16.0. The van der Waals surface area contributed by atoms with Crippen LogP contribution in [-0.2, 0) is 9.53 Å². The summed E-state index contributed by atoms with van der Waals surface area (Å²) in [5, 5.41) is 12.1. The summed E-state index contributed by atoms with van der Waals surface area (Å²) < 4.78 is 18.4. The Labute approximate surface area is 172 Å². The van der Waals surface area contributed by atoms with Gasteiger partial charge in [0.2, 0.25) is 11.7 Å². The van der Waals surface area contributed by atoms with Crippen LogP contribution in [0.4, 0.5) is 0 Å². The summed E-state index contributed by atoms with van der Waals surface area (Å²) in [6, 6.07) is 11.2. The van der Waals surface area contributed by atoms with Gasteiger partial charge in [0.1, 0.15) is 5.75 Å². The number of hydrogen-bond donors (Lipinski definition) is 1. The van der Waals surface area contributed by atoms with Crippen molar-refractivity contribution in [3.05, 3.63) is 42.7 Å². The van der Waals surface area contributed by atoms with Gasteiger partial charge in [-0.05, 0) is 37.1 Å². The molecule has 4 rings (SSSR count). The summed E-state index contributed by atoms with van der Waals surface area (Å²) in [5.41, 5.74) is 0.772. The fourth-order valence-electron chi connectivity index (χ4n) is 3.17. The summed E-state index contributed by atoms with van der Waals surface area (Å²) >= 11 is 1.31. The number of nitrogens with zero attached hydrogens (tertiary/aromatic N) is 3. The highest BCUT2D eigenvalue weighted by Crippen LogP contribution is 2.32. The summed E-state index contributed by atoms with van der Waals surface area (Å²) in [6.45, 7) is 1.31. The number of carbonyl (C=O) groups excluding carboxylic acids is 1. The number of amides is 1. The van der Waals surface area contributed by atoms with E-state index >= 15 is 0 Å². The summed E-state index contributed by atoms with van der Waals surface area (Å²) in [5.74, 6) is 1.95. The number of hydrogen-bond acceptors (Lipinski definition) is 7. The maximum atomic E-state index is 12.3. The van der Waals surface area contributed by atoms with Crippen LogP contribution in [0.3, 0.4) is 0 Å². The fraction of sp³-hybridized carbons (Fsp3) is 0.350. The Morgan fingerprint density at radius 1 is 1.31 bits per heavy atom. The Hall–Kier alpha value is -2.78. The van der Waals surface area contributed by atoms with E-state index in [-0.39, 0.29) is 17.8 Å². The average Bonchev–Trinajstić information content (AvgIpc) is 3.52. The SMILES string of the molecule is COc1ccccc1-n1c(SCC(=O)NCC2CCCO2)nnc1-c1ccco1. The number of para-hydroxylation sites is 2. The van der Waals surface area contributed by atoms with E-state index in [1.807, 2.05) is 34.9 Å². The van der Waals surface area contributed by atoms with Crippen molar-refractivity contribution in [1.82, 2.24) is 20.1 Å². The number of nitrogens with one attached hydrogen (secondary N) is 1. The normalized spacial score (nSPS) is 16.1. The van der Waals surface area contributed by atoms with Crippen molar-refractivity contribution in [3.63, 3.8) is 0 Å². The maximum absolute atomic E-state index is 12.3. The molecule has 1 saturated heterocycles. The molecule has 0 bridgehead atoms. The molecule has 0 aliphatic carbocycles. The van der Waals surface area contributed by atoms with Gasteiger partial charge in [0.25, 0.3) is 0 Å². The van der Waals surface area contributed by atoms with Gasteiger partial charge in [-0.3, -0.25) is 9.36 Å². The van der Waals surface area contributed by atoms with Gasteiger partial charge in [0.05, 0.1) is 30.9 Å². The molecule has 1 aromatic carbocycles. The van der Waals surface area contributed by atoms with E-state index in [0.717, 1.165) is 25.1 Å². The Kier molecular flexibility index (Phi) is 6.16. The monoisotopic (exact) mass is 414 g/mol. The van der Waals surface area contributed by atoms with Gasteiger partial charge < -0.3 is 19.2 Å². The van der Waals surface area contributed by atoms with Gasteiger partial charge in [-0.1, -0.05) is 23.9 Å². The molecule has 8 nitrogen and oxygen atoms in total. The van der Waals surface area contributed by atoms with Crippen LogP contribution >= 0.6 is 11.8 Å². The lowest BCUT2D eigenvalue weighted by atomic mass is 10.2. The molecule has 1 unspecified atom stereocenters. The van der Waals surface area contributed by atoms with Crippen molar-refractivity contribution in [2.75, 3.05) is 26.0 Å². The standard InChI is InChI=1S/C20H22N4O4S/c1-26-16-8-3-2-7-15(16)24-19(17-9-5-11-28-17)22-23-20(24)29-13-18(25)21-12-14-6-4-10-27-14/h2-3,5,7-9,11,14H,4,6,10,12-13H2,1H3,(H,21,25). The lowest BCUT2D eigenvalue weighted by Crippen LogP contribution is -2.32. The fourth-order valence-corrected chi connectivity index (χ4v) is 3.95. The molecule has 29 heavy (non-hydrogen) atoms. The van der Waals surface area contributed by atoms with Crippen molar-refractivity contribution < 1.29 is 18.7 Å². The van der Waals surface area contributed by atoms with Crippen LogP contribution in [0.25, 0.3) is 17.3 Å². The number of benzene rings is 1. The molecule has 0 radical (unpaired) electrons. The molecular weight excluding hydrogens is 392 g/mol. The lowest BCUT2D eigenvalue weighted by Gasteiger charge is -2.13. The average molecular weight is 414 g/mol. The first-order chi connectivity index (χ1) is 14.3. The summed E-state index contributed by atoms with van der Waals surface area (Å²) in [6.07, 6.45) is 3.74. The van der Waals surface area contributed by atoms with E-state index < -0.39 is 0 Å². The second-order valence-electron chi connectivity index (χ2n) is 6.52. The Bertz CT molecular complexity index is 951. The Balaban J connectivity index is 1.54. The Morgan fingerprint density at radius 2 is 2.21 bits per heavy atom. The molecule has 1 aliphatic heterocycles. The topological polar surface area (TPSA) is 91.4 Å². The van der Waals surface area contributed by atoms with E-state index in [9.17, 15) is 4.79 Å². The van der Waals surface area contributed by atoms with Gasteiger partial charge in [-0.15, -0.1) is 10.2 Å². The van der Waals surface area contributed by atoms with Crippen molar-refractivity contribution in [1.29, 1.82) is 0 Å². The molecule has 3 aromatic rings. The highest BCUT2D eigenvalue weighted by Gasteiger charge is 2.21. The largest absolute Gasteiger partial charge is 0.495 e. The molecule has 1 N–H and O–H groups in total. The van der Waals surface area contributed by atoms with E-state index in [4.69, 9.17) is 13.9 Å². The zero-order chi connectivity index (χ0) is 20.1. The predicted molar refractivity (Wildman–Crippen MR) is 108 cm³/mol. The molecule has 1 atom stereocenters. The zero-order valence-corrected chi connectivity index (χ0v) is 16.9. The predicted octanol–water partition coefficient (Wildman–Crippen LogP) is 2.92. The third-order valence-electron chi connectivity index (χ3n) is 4.58. The molecule has 1 aliphatic rings. The number of rotatable bonds is 8. The van der Waals surface area contributed by atoms with E-state index in [2.05, 4.69) is 15.5 Å². The van der Waals surface area contributed by atoms with Crippen LogP contribution in [-0.4, -0.2) is 52.8 Å². The molecule has 3 heterocycles. The lowest BCUT2D eigenvalue weighted by molar-refractivity contribution is -0.119. The van der Waals surface area contributed by atoms with Gasteiger partial charge in [0.15, 0.2) is 10.9 Å². The first-order valence-corrected chi connectivity index (χ1v) is 10.4. The minimum atomic E-state index is -0.0698. The first kappa shape index (κ1) is 19.5. The smallest absolute Gasteiger partial charge is 0.230 e. The molecule has 152 valence electrons. The molecule has 2 aromatic heterocycles. The molecule has 9 heteroatoms. The molecule has 0 saturated carbocycles. The van der Waals surface area contributed by atoms with E-state index in [1.54, 1.807) is 19.4 Å². The second-order valence-corrected chi connectivity index (χ2v) is 7.46. The van der Waals surface area contributed by atoms with Gasteiger partial charge in [0, 0.05) is 13.2 Å². The number of thioether (sulfide) groups is 1. The number of carbonyl (C=O) groups is 1. The Morgan fingerprint density at radius 3 is 2.97 bits per heavy atom. The quantitative estimate of drug-likeness (QED) is 0.567. The number of ether oxygens (including phenoxy) is 2. The summed E-state index contributed by atoms with van der Waals surface area (Å²) in [7, 11) is 1.61. The van der Waals surface area contributed by atoms with Crippen LogP contribution in [0.1, 0.15) is 12.8 Å². The summed E-state index contributed by atoms with van der Waals surface area (Å²) in [4.78, 5) is 12.3. The van der Waals surface area contributed by atoms with Crippen LogP contribution in [0.15, 0.2) is 52.2 Å². The maximum Gasteiger partial charge on any atom is 0.230 e. The second kappa shape index (κ2) is 9.15. The van der Waals surface area contributed by atoms with Crippen LogP contribution in [0.2, 0.25) is 0 Å². The van der Waals surface area contributed by atoms with Gasteiger partial charge in [-0.25, -0.2) is 0 Å². The van der Waals surface area contributed by atoms with E-state index in [1.165, 1.54) is 11.8 Å². The van der Waals surface area contributed by atoms with Crippen LogP contribution < -0.4 is 10.1 Å². The minimum Gasteiger partial charge on any atom is -0.495 e. The molecule has 1 fully saturated rings. The molecule has 0 spiro atoms. The first-order valence-electron chi connectivity index (χ1n) is 9.40. The third-order valence-corrected chi connectivity index (χ3v) is 5.51. The van der Waals surface area contributed by atoms with Crippen molar-refractivity contribution >= 4 is 17.7 Å². The van der Waals surface area contributed by atoms with Crippen LogP contribution in [0.5, 0.6) is 5.75 Å². The number of methoxy groups -OCH3 is 1. The van der Waals surface area contributed by atoms with Gasteiger partial charge in [-0.2, -0.15) is 0 Å². The van der Waals surface area contributed by atoms with Crippen LogP contribution in [0, 0.1) is 0 Å². The van der Waals surface area contributed by atoms with E-state index in [0.29, 0.717) is 29.0 Å².